The van der Waals surface area contributed by atoms with Crippen molar-refractivity contribution in [3.8, 4) is 5.75 Å². The van der Waals surface area contributed by atoms with Crippen LogP contribution in [0.15, 0.2) is 48.5 Å². The van der Waals surface area contributed by atoms with E-state index in [1.165, 1.54) is 0 Å². The highest BCUT2D eigenvalue weighted by atomic mass is 16.5. The zero-order valence-electron chi connectivity index (χ0n) is 13.9. The number of hydrogen-bond acceptors (Lipinski definition) is 4. The highest BCUT2D eigenvalue weighted by Crippen LogP contribution is 2.15. The molecule has 24 heavy (non-hydrogen) atoms. The molecule has 5 nitrogen and oxygen atoms in total. The van der Waals surface area contributed by atoms with Crippen LogP contribution < -0.4 is 10.1 Å². The van der Waals surface area contributed by atoms with Crippen LogP contribution in [0, 0.1) is 0 Å². The minimum Gasteiger partial charge on any atom is -0.494 e. The first kappa shape index (κ1) is 17.5. The number of amides is 1. The first-order valence-electron chi connectivity index (χ1n) is 7.91. The lowest BCUT2D eigenvalue weighted by Crippen LogP contribution is -2.20. The van der Waals surface area contributed by atoms with Crippen LogP contribution in [0.1, 0.15) is 29.8 Å². The van der Waals surface area contributed by atoms with Gasteiger partial charge in [-0.3, -0.25) is 4.79 Å². The fraction of sp³-hybridized carbons (Fsp3) is 0.263. The normalized spacial score (nSPS) is 10.1. The summed E-state index contributed by atoms with van der Waals surface area (Å²) in [5, 5.41) is 2.66. The number of nitrogens with one attached hydrogen (secondary N) is 1. The molecule has 2 rings (SSSR count). The predicted molar refractivity (Wildman–Crippen MR) is 92.3 cm³/mol. The first-order chi connectivity index (χ1) is 11.6. The Hall–Kier alpha value is -2.82. The molecule has 0 unspecified atom stereocenters. The Morgan fingerprint density at radius 2 is 1.62 bits per heavy atom. The van der Waals surface area contributed by atoms with Crippen LogP contribution >= 0.6 is 0 Å². The lowest BCUT2D eigenvalue weighted by atomic mass is 10.1. The molecule has 126 valence electrons. The number of esters is 1. The van der Waals surface area contributed by atoms with Gasteiger partial charge in [-0.25, -0.2) is 4.79 Å². The molecule has 0 radical (unpaired) electrons. The van der Waals surface area contributed by atoms with E-state index in [1.54, 1.807) is 36.4 Å². The van der Waals surface area contributed by atoms with Crippen LogP contribution in [0.4, 0.5) is 5.69 Å². The van der Waals surface area contributed by atoms with Crippen LogP contribution in [-0.4, -0.2) is 25.1 Å². The van der Waals surface area contributed by atoms with Crippen molar-refractivity contribution in [1.29, 1.82) is 0 Å². The van der Waals surface area contributed by atoms with Crippen molar-refractivity contribution in [2.24, 2.45) is 0 Å². The van der Waals surface area contributed by atoms with Gasteiger partial charge in [-0.05, 0) is 55.3 Å². The molecule has 0 saturated carbocycles. The fourth-order valence-corrected chi connectivity index (χ4v) is 2.09. The minimum absolute atomic E-state index is 0.332. The van der Waals surface area contributed by atoms with E-state index in [1.807, 2.05) is 26.0 Å². The number of aryl methyl sites for hydroxylation is 1. The Labute approximate surface area is 141 Å². The molecule has 0 aliphatic carbocycles. The maximum absolute atomic E-state index is 11.9. The molecule has 0 atom stereocenters. The standard InChI is InChI=1S/C19H21NO4/c1-3-14-5-7-15(8-6-14)19(22)24-13-18(21)20-16-9-11-17(12-10-16)23-4-2/h5-12H,3-4,13H2,1-2H3,(H,20,21). The lowest BCUT2D eigenvalue weighted by molar-refractivity contribution is -0.119. The van der Waals surface area contributed by atoms with Gasteiger partial charge in [0.15, 0.2) is 6.61 Å². The molecule has 0 spiro atoms. The van der Waals surface area contributed by atoms with Gasteiger partial charge in [-0.15, -0.1) is 0 Å². The topological polar surface area (TPSA) is 64.6 Å². The molecule has 1 amide bonds. The summed E-state index contributed by atoms with van der Waals surface area (Å²) in [6, 6.07) is 14.1. The highest BCUT2D eigenvalue weighted by molar-refractivity contribution is 5.95. The second-order valence-corrected chi connectivity index (χ2v) is 5.13. The van der Waals surface area contributed by atoms with E-state index >= 15 is 0 Å². The number of benzene rings is 2. The van der Waals surface area contributed by atoms with Crippen molar-refractivity contribution >= 4 is 17.6 Å². The largest absolute Gasteiger partial charge is 0.494 e. The van der Waals surface area contributed by atoms with Crippen molar-refractivity contribution in [1.82, 2.24) is 0 Å². The van der Waals surface area contributed by atoms with Gasteiger partial charge in [0.2, 0.25) is 0 Å². The third-order valence-electron chi connectivity index (χ3n) is 3.38. The van der Waals surface area contributed by atoms with Gasteiger partial charge in [0, 0.05) is 5.69 Å². The number of carbonyl (C=O) groups excluding carboxylic acids is 2. The van der Waals surface area contributed by atoms with Crippen molar-refractivity contribution in [3.05, 3.63) is 59.7 Å². The number of ether oxygens (including phenoxy) is 2. The molecular formula is C19H21NO4. The Morgan fingerprint density at radius 3 is 2.21 bits per heavy atom. The average molecular weight is 327 g/mol. The van der Waals surface area contributed by atoms with Gasteiger partial charge in [-0.1, -0.05) is 19.1 Å². The lowest BCUT2D eigenvalue weighted by Gasteiger charge is -2.08. The van der Waals surface area contributed by atoms with Crippen LogP contribution in [0.3, 0.4) is 0 Å². The van der Waals surface area contributed by atoms with Crippen LogP contribution in [0.5, 0.6) is 5.75 Å². The molecular weight excluding hydrogens is 306 g/mol. The van der Waals surface area contributed by atoms with E-state index in [9.17, 15) is 9.59 Å². The molecule has 0 aliphatic heterocycles. The predicted octanol–water partition coefficient (Wildman–Crippen LogP) is 3.44. The maximum Gasteiger partial charge on any atom is 0.338 e. The maximum atomic E-state index is 11.9. The van der Waals surface area contributed by atoms with Crippen LogP contribution in [0.2, 0.25) is 0 Å². The molecule has 2 aromatic carbocycles. The van der Waals surface area contributed by atoms with Crippen molar-refractivity contribution < 1.29 is 19.1 Å². The Morgan fingerprint density at radius 1 is 0.958 bits per heavy atom. The van der Waals surface area contributed by atoms with Gasteiger partial charge < -0.3 is 14.8 Å². The Balaban J connectivity index is 1.82. The summed E-state index contributed by atoms with van der Waals surface area (Å²) in [5.41, 5.74) is 2.19. The zero-order chi connectivity index (χ0) is 17.4. The summed E-state index contributed by atoms with van der Waals surface area (Å²) in [7, 11) is 0. The summed E-state index contributed by atoms with van der Waals surface area (Å²) in [4.78, 5) is 23.7. The average Bonchev–Trinajstić information content (AvgIpc) is 2.61. The van der Waals surface area contributed by atoms with E-state index in [0.717, 1.165) is 17.7 Å². The number of hydrogen-bond donors (Lipinski definition) is 1. The zero-order valence-corrected chi connectivity index (χ0v) is 13.9. The summed E-state index contributed by atoms with van der Waals surface area (Å²) in [6.45, 7) is 4.20. The minimum atomic E-state index is -0.514. The van der Waals surface area contributed by atoms with E-state index in [4.69, 9.17) is 9.47 Å². The summed E-state index contributed by atoms with van der Waals surface area (Å²) in [6.07, 6.45) is 0.903. The van der Waals surface area contributed by atoms with Gasteiger partial charge in [0.1, 0.15) is 5.75 Å². The summed E-state index contributed by atoms with van der Waals surface area (Å²) in [5.74, 6) is -0.172. The van der Waals surface area contributed by atoms with Gasteiger partial charge in [0.25, 0.3) is 5.91 Å². The number of carbonyl (C=O) groups is 2. The second-order valence-electron chi connectivity index (χ2n) is 5.13. The van der Waals surface area contributed by atoms with Crippen molar-refractivity contribution in [3.63, 3.8) is 0 Å². The molecule has 0 aliphatic rings. The van der Waals surface area contributed by atoms with Crippen LogP contribution in [-0.2, 0) is 16.0 Å². The SMILES string of the molecule is CCOc1ccc(NC(=O)COC(=O)c2ccc(CC)cc2)cc1. The number of anilines is 1. The molecule has 0 heterocycles. The molecule has 0 bridgehead atoms. The Bertz CT molecular complexity index is 678. The van der Waals surface area contributed by atoms with E-state index in [0.29, 0.717) is 17.9 Å². The van der Waals surface area contributed by atoms with Crippen molar-refractivity contribution in [2.75, 3.05) is 18.5 Å². The van der Waals surface area contributed by atoms with Gasteiger partial charge >= 0.3 is 5.97 Å². The van der Waals surface area contributed by atoms with E-state index in [-0.39, 0.29) is 6.61 Å². The smallest absolute Gasteiger partial charge is 0.338 e. The molecule has 0 aromatic heterocycles. The highest BCUT2D eigenvalue weighted by Gasteiger charge is 2.10. The second kappa shape index (κ2) is 8.72. The van der Waals surface area contributed by atoms with Crippen molar-refractivity contribution in [2.45, 2.75) is 20.3 Å². The Kier molecular flexibility index (Phi) is 6.37. The van der Waals surface area contributed by atoms with Gasteiger partial charge in [0.05, 0.1) is 12.2 Å². The third kappa shape index (κ3) is 5.12. The summed E-state index contributed by atoms with van der Waals surface area (Å²) >= 11 is 0. The first-order valence-corrected chi connectivity index (χ1v) is 7.91. The quantitative estimate of drug-likeness (QED) is 0.791. The molecule has 0 fully saturated rings. The number of rotatable bonds is 7. The monoisotopic (exact) mass is 327 g/mol. The summed E-state index contributed by atoms with van der Waals surface area (Å²) < 4.78 is 10.4. The molecule has 0 saturated heterocycles. The van der Waals surface area contributed by atoms with E-state index in [2.05, 4.69) is 5.32 Å². The van der Waals surface area contributed by atoms with Crippen LogP contribution in [0.25, 0.3) is 0 Å². The molecule has 5 heteroatoms. The molecule has 1 N–H and O–H groups in total. The fourth-order valence-electron chi connectivity index (χ4n) is 2.09. The molecule has 2 aromatic rings. The van der Waals surface area contributed by atoms with Gasteiger partial charge in [-0.2, -0.15) is 0 Å². The van der Waals surface area contributed by atoms with E-state index < -0.39 is 11.9 Å². The third-order valence-corrected chi connectivity index (χ3v) is 3.38.